The SMILES string of the molecule is CC(C)n1nc(C2CC2)cc1N.COCc1nc(Cc2cc(C3CC3)nn2C(C)C)c2c(n1)[nH]c1cc(-c3c(C)noc3C)c(OC)cc12.COCc1nc(Cl)c2c(n1)[nH]c1cc(-c3c(C)noc3C)c(OC)cc12. The fourth-order valence-corrected chi connectivity index (χ4v) is 10.2. The first-order valence-corrected chi connectivity index (χ1v) is 25.7. The highest BCUT2D eigenvalue weighted by atomic mass is 35.5. The van der Waals surface area contributed by atoms with Crippen LogP contribution in [0.2, 0.25) is 5.15 Å². The first-order chi connectivity index (χ1) is 36.1. The van der Waals surface area contributed by atoms with E-state index in [4.69, 9.17) is 60.4 Å². The number of aromatic nitrogens is 12. The number of H-pyrrole nitrogens is 2. The zero-order valence-corrected chi connectivity index (χ0v) is 45.4. The number of aryl methyl sites for hydroxylation is 4. The maximum absolute atomic E-state index is 6.41. The maximum atomic E-state index is 6.41. The molecule has 20 heteroatoms. The summed E-state index contributed by atoms with van der Waals surface area (Å²) in [6.45, 7) is 16.8. The van der Waals surface area contributed by atoms with Gasteiger partial charge >= 0.3 is 0 Å². The number of fused-ring (bicyclic) bond motifs is 6. The van der Waals surface area contributed by atoms with Crippen LogP contribution in [0, 0.1) is 27.7 Å². The molecule has 19 nitrogen and oxygen atoms in total. The van der Waals surface area contributed by atoms with Crippen molar-refractivity contribution in [3.8, 4) is 33.8 Å². The normalized spacial score (nSPS) is 13.6. The van der Waals surface area contributed by atoms with Crippen molar-refractivity contribution >= 4 is 61.3 Å². The molecule has 0 spiro atoms. The van der Waals surface area contributed by atoms with Crippen molar-refractivity contribution < 1.29 is 28.0 Å². The third kappa shape index (κ3) is 10.0. The number of nitrogen functional groups attached to an aromatic ring is 1. The molecular weight excluding hydrogens is 974 g/mol. The minimum atomic E-state index is 0.263. The van der Waals surface area contributed by atoms with Gasteiger partial charge in [0.05, 0.1) is 59.2 Å². The Balaban J connectivity index is 0.000000145. The lowest BCUT2D eigenvalue weighted by Gasteiger charge is -2.12. The Kier molecular flexibility index (Phi) is 14.2. The van der Waals surface area contributed by atoms with Gasteiger partial charge in [-0.25, -0.2) is 24.6 Å². The van der Waals surface area contributed by atoms with Crippen molar-refractivity contribution in [1.29, 1.82) is 0 Å². The predicted octanol–water partition coefficient (Wildman–Crippen LogP) is 11.9. The van der Waals surface area contributed by atoms with Crippen LogP contribution in [0.1, 0.15) is 135 Å². The smallest absolute Gasteiger partial charge is 0.158 e. The number of rotatable bonds is 14. The van der Waals surface area contributed by atoms with Gasteiger partial charge in [-0.15, -0.1) is 0 Å². The molecule has 2 aromatic carbocycles. The lowest BCUT2D eigenvalue weighted by molar-refractivity contribution is 0.178. The molecule has 392 valence electrons. The van der Waals surface area contributed by atoms with Gasteiger partial charge in [-0.1, -0.05) is 21.9 Å². The lowest BCUT2D eigenvalue weighted by Crippen LogP contribution is -2.10. The van der Waals surface area contributed by atoms with Crippen LogP contribution < -0.4 is 15.2 Å². The van der Waals surface area contributed by atoms with E-state index >= 15 is 0 Å². The van der Waals surface area contributed by atoms with Crippen LogP contribution in [0.15, 0.2) is 45.4 Å². The zero-order chi connectivity index (χ0) is 53.0. The molecule has 0 amide bonds. The molecule has 2 saturated carbocycles. The predicted molar refractivity (Wildman–Crippen MR) is 289 cm³/mol. The highest BCUT2D eigenvalue weighted by molar-refractivity contribution is 6.36. The summed E-state index contributed by atoms with van der Waals surface area (Å²) in [5.74, 6) is 6.19. The number of halogens is 1. The Bertz CT molecular complexity index is 3680. The molecule has 0 saturated heterocycles. The minimum absolute atomic E-state index is 0.263. The van der Waals surface area contributed by atoms with Crippen molar-refractivity contribution in [3.05, 3.63) is 98.9 Å². The highest BCUT2D eigenvalue weighted by Crippen LogP contribution is 2.44. The van der Waals surface area contributed by atoms with Gasteiger partial charge in [-0.2, -0.15) is 10.2 Å². The third-order valence-corrected chi connectivity index (χ3v) is 14.0. The number of hydrogen-bond acceptors (Lipinski definition) is 15. The number of aromatic amines is 2. The second-order valence-electron chi connectivity index (χ2n) is 20.0. The molecule has 0 aliphatic heterocycles. The summed E-state index contributed by atoms with van der Waals surface area (Å²) in [7, 11) is 6.57. The largest absolute Gasteiger partial charge is 0.496 e. The van der Waals surface area contributed by atoms with Crippen LogP contribution in [-0.2, 0) is 29.1 Å². The Hall–Kier alpha value is -7.35. The van der Waals surface area contributed by atoms with Crippen LogP contribution in [0.3, 0.4) is 0 Å². The molecule has 2 aliphatic rings. The number of benzene rings is 2. The number of anilines is 1. The molecular formula is C55H64ClN13O6. The van der Waals surface area contributed by atoms with Crippen LogP contribution in [0.4, 0.5) is 5.82 Å². The monoisotopic (exact) mass is 1040 g/mol. The average Bonchev–Trinajstić information content (AvgIpc) is 4.15. The van der Waals surface area contributed by atoms with Crippen molar-refractivity contribution in [2.45, 2.75) is 125 Å². The number of nitrogens with two attached hydrogens (primary N) is 1. The fraction of sp³-hybridized carbons (Fsp3) is 0.418. The van der Waals surface area contributed by atoms with E-state index in [1.165, 1.54) is 37.1 Å². The van der Waals surface area contributed by atoms with Gasteiger partial charge in [0.1, 0.15) is 58.5 Å². The van der Waals surface area contributed by atoms with E-state index in [1.807, 2.05) is 50.6 Å². The summed E-state index contributed by atoms with van der Waals surface area (Å²) >= 11 is 6.41. The first kappa shape index (κ1) is 51.1. The second kappa shape index (κ2) is 20.8. The summed E-state index contributed by atoms with van der Waals surface area (Å²) in [6.07, 6.45) is 5.66. The zero-order valence-electron chi connectivity index (χ0n) is 44.6. The Labute approximate surface area is 438 Å². The van der Waals surface area contributed by atoms with Gasteiger partial charge < -0.3 is 43.7 Å². The molecule has 75 heavy (non-hydrogen) atoms. The van der Waals surface area contributed by atoms with Crippen molar-refractivity contribution in [1.82, 2.24) is 59.8 Å². The summed E-state index contributed by atoms with van der Waals surface area (Å²) in [6, 6.07) is 13.0. The van der Waals surface area contributed by atoms with Crippen LogP contribution in [-0.4, -0.2) is 88.2 Å². The molecule has 0 atom stereocenters. The van der Waals surface area contributed by atoms with E-state index in [0.29, 0.717) is 65.7 Å². The van der Waals surface area contributed by atoms with E-state index in [1.54, 1.807) is 28.4 Å². The van der Waals surface area contributed by atoms with Gasteiger partial charge in [-0.3, -0.25) is 4.68 Å². The Morgan fingerprint density at radius 3 is 1.57 bits per heavy atom. The quantitative estimate of drug-likeness (QED) is 0.0859. The number of hydrogen-bond donors (Lipinski definition) is 3. The summed E-state index contributed by atoms with van der Waals surface area (Å²) in [5, 5.41) is 21.6. The average molecular weight is 1040 g/mol. The van der Waals surface area contributed by atoms with Crippen molar-refractivity contribution in [2.24, 2.45) is 0 Å². The Morgan fingerprint density at radius 2 is 1.12 bits per heavy atom. The molecule has 0 bridgehead atoms. The lowest BCUT2D eigenvalue weighted by atomic mass is 10.00. The second-order valence-corrected chi connectivity index (χ2v) is 20.4. The van der Waals surface area contributed by atoms with Crippen molar-refractivity contribution in [3.63, 3.8) is 0 Å². The third-order valence-electron chi connectivity index (χ3n) is 13.8. The summed E-state index contributed by atoms with van der Waals surface area (Å²) in [4.78, 5) is 25.4. The van der Waals surface area contributed by atoms with Gasteiger partial charge in [0, 0.05) is 94.6 Å². The van der Waals surface area contributed by atoms with Crippen LogP contribution in [0.25, 0.3) is 66.1 Å². The summed E-state index contributed by atoms with van der Waals surface area (Å²) in [5.41, 5.74) is 18.9. The van der Waals surface area contributed by atoms with Crippen LogP contribution >= 0.6 is 11.6 Å². The minimum Gasteiger partial charge on any atom is -0.496 e. The molecule has 10 aromatic rings. The van der Waals surface area contributed by atoms with E-state index in [9.17, 15) is 0 Å². The van der Waals surface area contributed by atoms with E-state index < -0.39 is 0 Å². The van der Waals surface area contributed by atoms with Gasteiger partial charge in [-0.05, 0) is 111 Å². The van der Waals surface area contributed by atoms with Crippen LogP contribution in [0.5, 0.6) is 11.5 Å². The van der Waals surface area contributed by atoms with Crippen molar-refractivity contribution in [2.75, 3.05) is 34.2 Å². The number of nitrogens with one attached hydrogen (secondary N) is 2. The van der Waals surface area contributed by atoms with E-state index in [-0.39, 0.29) is 6.04 Å². The van der Waals surface area contributed by atoms with Gasteiger partial charge in [0.15, 0.2) is 11.6 Å². The molecule has 8 heterocycles. The highest BCUT2D eigenvalue weighted by Gasteiger charge is 2.30. The maximum Gasteiger partial charge on any atom is 0.158 e. The topological polar surface area (TPSA) is 234 Å². The van der Waals surface area contributed by atoms with Gasteiger partial charge in [0.25, 0.3) is 0 Å². The van der Waals surface area contributed by atoms with Gasteiger partial charge in [0.2, 0.25) is 0 Å². The Morgan fingerprint density at radius 1 is 0.640 bits per heavy atom. The number of nitrogens with zero attached hydrogens (tertiary/aromatic N) is 10. The summed E-state index contributed by atoms with van der Waals surface area (Å²) < 4.78 is 36.8. The first-order valence-electron chi connectivity index (χ1n) is 25.3. The molecule has 8 aromatic heterocycles. The molecule has 4 N–H and O–H groups in total. The number of methoxy groups -OCH3 is 4. The van der Waals surface area contributed by atoms with E-state index in [2.05, 4.69) is 85.9 Å². The molecule has 12 rings (SSSR count). The standard InChI is InChI=1S/C28H32N6O3.C18H17ClN4O3.C9H15N3/c1-14(2)34-18(9-21(32-34)17-7-8-17)10-23-27-19-12-24(36-6)20(26-15(3)33-37-16(26)4)11-22(19)30-28(27)31-25(29-23)13-35-5;1-8-15(9(2)26-23-8)11-5-12-10(6-13(11)25-4)16-17(19)21-14(7-24-3)22-18(16)20-12;1-6(2)12-9(10)5-8(11-12)7-3-4-7/h9,11-12,14,17H,7-8,10,13H2,1-6H3,(H,29,30,31);5-6H,7H2,1-4H3,(H,20,21,22);5-7H,3-4,10H2,1-2H3. The molecule has 2 aliphatic carbocycles. The van der Waals surface area contributed by atoms with E-state index in [0.717, 1.165) is 106 Å². The fourth-order valence-electron chi connectivity index (χ4n) is 9.96. The molecule has 0 radical (unpaired) electrons. The molecule has 2 fully saturated rings. The number of ether oxygens (including phenoxy) is 4. The molecule has 0 unspecified atom stereocenters.